The average molecular weight is 329 g/mol. The number of benzene rings is 1. The Morgan fingerprint density at radius 2 is 1.88 bits per heavy atom. The Kier molecular flexibility index (Phi) is 7.42. The number of hydrogen-bond acceptors (Lipinski definition) is 4. The van der Waals surface area contributed by atoms with Crippen molar-refractivity contribution in [3.05, 3.63) is 48.3 Å². The van der Waals surface area contributed by atoms with Gasteiger partial charge in [-0.1, -0.05) is 49.4 Å². The summed E-state index contributed by atoms with van der Waals surface area (Å²) in [5.41, 5.74) is 1.16. The van der Waals surface area contributed by atoms with E-state index in [2.05, 4.69) is 41.2 Å². The second kappa shape index (κ2) is 9.82. The van der Waals surface area contributed by atoms with Crippen molar-refractivity contribution in [3.8, 4) is 0 Å². The molecule has 1 aromatic heterocycles. The topological polar surface area (TPSA) is 54.3 Å². The average Bonchev–Trinajstić information content (AvgIpc) is 3.14. The highest BCUT2D eigenvalue weighted by atomic mass is 16.2. The quantitative estimate of drug-likeness (QED) is 0.669. The molecule has 0 spiro atoms. The van der Waals surface area contributed by atoms with Crippen molar-refractivity contribution in [2.24, 2.45) is 0 Å². The summed E-state index contributed by atoms with van der Waals surface area (Å²) in [5, 5.41) is 7.70. The number of likely N-dealkylation sites (N-methyl/N-ethyl adjacent to an activating group) is 1. The van der Waals surface area contributed by atoms with E-state index < -0.39 is 0 Å². The first-order valence-corrected chi connectivity index (χ1v) is 8.61. The molecule has 0 bridgehead atoms. The lowest BCUT2D eigenvalue weighted by molar-refractivity contribution is -0.132. The summed E-state index contributed by atoms with van der Waals surface area (Å²) in [6.45, 7) is 9.16. The molecule has 130 valence electrons. The normalized spacial score (nSPS) is 11.0. The van der Waals surface area contributed by atoms with Gasteiger partial charge in [-0.25, -0.2) is 0 Å². The third kappa shape index (κ3) is 5.77. The first kappa shape index (κ1) is 18.1. The van der Waals surface area contributed by atoms with E-state index in [0.717, 1.165) is 31.7 Å². The largest absolute Gasteiger partial charge is 0.337 e. The number of rotatable bonds is 10. The van der Waals surface area contributed by atoms with Crippen LogP contribution in [0.25, 0.3) is 0 Å². The molecule has 0 aliphatic heterocycles. The summed E-state index contributed by atoms with van der Waals surface area (Å²) >= 11 is 0. The SMILES string of the molecule is CCN(CC)CCN(Cc1ccccc1)C(=O)CCn1ccnn1. The molecule has 24 heavy (non-hydrogen) atoms. The van der Waals surface area contributed by atoms with Crippen molar-refractivity contribution in [2.75, 3.05) is 26.2 Å². The summed E-state index contributed by atoms with van der Waals surface area (Å²) < 4.78 is 1.70. The molecule has 0 radical (unpaired) electrons. The predicted octanol–water partition coefficient (Wildman–Crippen LogP) is 2.04. The van der Waals surface area contributed by atoms with Gasteiger partial charge in [0.2, 0.25) is 5.91 Å². The predicted molar refractivity (Wildman–Crippen MR) is 94.3 cm³/mol. The van der Waals surface area contributed by atoms with Crippen LogP contribution in [-0.2, 0) is 17.9 Å². The van der Waals surface area contributed by atoms with Crippen LogP contribution in [0.1, 0.15) is 25.8 Å². The molecule has 1 heterocycles. The number of aromatic nitrogens is 3. The maximum absolute atomic E-state index is 12.7. The Morgan fingerprint density at radius 3 is 2.50 bits per heavy atom. The smallest absolute Gasteiger partial charge is 0.224 e. The van der Waals surface area contributed by atoms with Gasteiger partial charge in [-0.15, -0.1) is 5.10 Å². The highest BCUT2D eigenvalue weighted by molar-refractivity contribution is 5.76. The fourth-order valence-electron chi connectivity index (χ4n) is 2.62. The molecule has 1 amide bonds. The van der Waals surface area contributed by atoms with Gasteiger partial charge in [-0.05, 0) is 18.7 Å². The zero-order valence-electron chi connectivity index (χ0n) is 14.6. The van der Waals surface area contributed by atoms with E-state index in [4.69, 9.17) is 0 Å². The second-order valence-electron chi connectivity index (χ2n) is 5.74. The van der Waals surface area contributed by atoms with Crippen molar-refractivity contribution in [1.82, 2.24) is 24.8 Å². The maximum atomic E-state index is 12.7. The van der Waals surface area contributed by atoms with E-state index in [1.54, 1.807) is 17.1 Å². The Morgan fingerprint density at radius 1 is 1.12 bits per heavy atom. The molecule has 0 N–H and O–H groups in total. The van der Waals surface area contributed by atoms with Gasteiger partial charge in [0.1, 0.15) is 0 Å². The van der Waals surface area contributed by atoms with Gasteiger partial charge in [0.05, 0.1) is 12.7 Å². The Balaban J connectivity index is 1.96. The highest BCUT2D eigenvalue weighted by Crippen LogP contribution is 2.07. The number of carbonyl (C=O) groups excluding carboxylic acids is 1. The molecule has 0 aliphatic carbocycles. The molecule has 0 aliphatic rings. The molecule has 0 saturated carbocycles. The van der Waals surface area contributed by atoms with Gasteiger partial charge in [-0.2, -0.15) is 0 Å². The van der Waals surface area contributed by atoms with Crippen LogP contribution < -0.4 is 0 Å². The van der Waals surface area contributed by atoms with Crippen LogP contribution in [0.2, 0.25) is 0 Å². The van der Waals surface area contributed by atoms with Crippen LogP contribution in [0.5, 0.6) is 0 Å². The third-order valence-electron chi connectivity index (χ3n) is 4.18. The first-order valence-electron chi connectivity index (χ1n) is 8.61. The number of hydrogen-bond donors (Lipinski definition) is 0. The number of amides is 1. The van der Waals surface area contributed by atoms with Crippen molar-refractivity contribution >= 4 is 5.91 Å². The molecule has 0 saturated heterocycles. The molecule has 0 atom stereocenters. The lowest BCUT2D eigenvalue weighted by Crippen LogP contribution is -2.38. The molecular formula is C18H27N5O. The van der Waals surface area contributed by atoms with E-state index in [0.29, 0.717) is 19.5 Å². The van der Waals surface area contributed by atoms with E-state index >= 15 is 0 Å². The minimum Gasteiger partial charge on any atom is -0.337 e. The molecule has 2 rings (SSSR count). The van der Waals surface area contributed by atoms with Crippen molar-refractivity contribution in [2.45, 2.75) is 33.4 Å². The van der Waals surface area contributed by atoms with Crippen LogP contribution in [0.4, 0.5) is 0 Å². The van der Waals surface area contributed by atoms with E-state index in [9.17, 15) is 4.79 Å². The lowest BCUT2D eigenvalue weighted by Gasteiger charge is -2.26. The first-order chi connectivity index (χ1) is 11.7. The summed E-state index contributed by atoms with van der Waals surface area (Å²) in [7, 11) is 0. The van der Waals surface area contributed by atoms with E-state index in [-0.39, 0.29) is 5.91 Å². The van der Waals surface area contributed by atoms with E-state index in [1.807, 2.05) is 23.1 Å². The van der Waals surface area contributed by atoms with Gasteiger partial charge in [0.15, 0.2) is 0 Å². The molecule has 0 unspecified atom stereocenters. The van der Waals surface area contributed by atoms with Crippen molar-refractivity contribution in [3.63, 3.8) is 0 Å². The zero-order chi connectivity index (χ0) is 17.2. The fourth-order valence-corrected chi connectivity index (χ4v) is 2.62. The summed E-state index contributed by atoms with van der Waals surface area (Å²) in [5.74, 6) is 0.154. The van der Waals surface area contributed by atoms with Gasteiger partial charge < -0.3 is 9.80 Å². The van der Waals surface area contributed by atoms with Crippen molar-refractivity contribution in [1.29, 1.82) is 0 Å². The highest BCUT2D eigenvalue weighted by Gasteiger charge is 2.15. The van der Waals surface area contributed by atoms with Gasteiger partial charge in [0, 0.05) is 32.3 Å². The standard InChI is InChI=1S/C18H27N5O/c1-3-21(4-2)14-15-22(16-17-8-6-5-7-9-17)18(24)10-12-23-13-11-19-20-23/h5-9,11,13H,3-4,10,12,14-16H2,1-2H3. The Labute approximate surface area is 144 Å². The van der Waals surface area contributed by atoms with Crippen LogP contribution in [0.15, 0.2) is 42.7 Å². The van der Waals surface area contributed by atoms with Crippen molar-refractivity contribution < 1.29 is 4.79 Å². The molecule has 1 aromatic carbocycles. The lowest BCUT2D eigenvalue weighted by atomic mass is 10.2. The third-order valence-corrected chi connectivity index (χ3v) is 4.18. The summed E-state index contributed by atoms with van der Waals surface area (Å²) in [6.07, 6.45) is 3.85. The zero-order valence-corrected chi connectivity index (χ0v) is 14.6. The molecule has 6 heteroatoms. The molecular weight excluding hydrogens is 302 g/mol. The van der Waals surface area contributed by atoms with Gasteiger partial charge in [0.25, 0.3) is 0 Å². The Hall–Kier alpha value is -2.21. The fraction of sp³-hybridized carbons (Fsp3) is 0.500. The molecule has 0 fully saturated rings. The molecule has 6 nitrogen and oxygen atoms in total. The van der Waals surface area contributed by atoms with Crippen LogP contribution in [0.3, 0.4) is 0 Å². The van der Waals surface area contributed by atoms with Crippen LogP contribution in [0, 0.1) is 0 Å². The second-order valence-corrected chi connectivity index (χ2v) is 5.74. The van der Waals surface area contributed by atoms with Gasteiger partial charge >= 0.3 is 0 Å². The number of carbonyl (C=O) groups is 1. The van der Waals surface area contributed by atoms with Crippen LogP contribution in [-0.4, -0.2) is 56.9 Å². The minimum atomic E-state index is 0.154. The molecule has 2 aromatic rings. The Bertz CT molecular complexity index is 581. The monoisotopic (exact) mass is 329 g/mol. The summed E-state index contributed by atoms with van der Waals surface area (Å²) in [4.78, 5) is 17.0. The minimum absolute atomic E-state index is 0.154. The van der Waals surface area contributed by atoms with Gasteiger partial charge in [-0.3, -0.25) is 9.48 Å². The van der Waals surface area contributed by atoms with E-state index in [1.165, 1.54) is 0 Å². The number of nitrogens with zero attached hydrogens (tertiary/aromatic N) is 5. The maximum Gasteiger partial charge on any atom is 0.224 e. The summed E-state index contributed by atoms with van der Waals surface area (Å²) in [6, 6.07) is 10.1. The van der Waals surface area contributed by atoms with Crippen LogP contribution >= 0.6 is 0 Å². The number of aryl methyl sites for hydroxylation is 1.